The first-order chi connectivity index (χ1) is 7.77. The highest BCUT2D eigenvalue weighted by atomic mass is 16.3. The summed E-state index contributed by atoms with van der Waals surface area (Å²) in [5.74, 6) is 0.984. The van der Waals surface area contributed by atoms with E-state index in [9.17, 15) is 4.79 Å². The maximum atomic E-state index is 10.7. The van der Waals surface area contributed by atoms with Gasteiger partial charge in [-0.05, 0) is 24.3 Å². The quantitative estimate of drug-likeness (QED) is 0.804. The van der Waals surface area contributed by atoms with Gasteiger partial charge in [-0.25, -0.2) is 0 Å². The van der Waals surface area contributed by atoms with Gasteiger partial charge in [0.15, 0.2) is 5.76 Å². The average Bonchev–Trinajstić information content (AvgIpc) is 3.01. The van der Waals surface area contributed by atoms with Crippen molar-refractivity contribution in [3.63, 3.8) is 0 Å². The van der Waals surface area contributed by atoms with Gasteiger partial charge >= 0.3 is 0 Å². The molecule has 5 heteroatoms. The van der Waals surface area contributed by atoms with Gasteiger partial charge in [0.2, 0.25) is 0 Å². The Morgan fingerprint density at radius 2 is 2.00 bits per heavy atom. The van der Waals surface area contributed by atoms with Gasteiger partial charge < -0.3 is 19.9 Å². The standard InChI is InChI=1S/C6H7NO2.C5H7NO/c1-7-6(8)5-3-2-4-9-5;6-4-5-2-1-3-7-5/h2-4H,1H3,(H,7,8);1-3H,4,6H2. The van der Waals surface area contributed by atoms with Crippen LogP contribution in [0.3, 0.4) is 0 Å². The number of carbonyl (C=O) groups excluding carboxylic acids is 1. The maximum Gasteiger partial charge on any atom is 0.286 e. The van der Waals surface area contributed by atoms with Crippen molar-refractivity contribution in [3.8, 4) is 0 Å². The minimum atomic E-state index is -0.194. The van der Waals surface area contributed by atoms with Crippen LogP contribution in [0, 0.1) is 0 Å². The number of furan rings is 2. The van der Waals surface area contributed by atoms with Crippen LogP contribution < -0.4 is 11.1 Å². The topological polar surface area (TPSA) is 81.4 Å². The minimum absolute atomic E-state index is 0.194. The van der Waals surface area contributed by atoms with Gasteiger partial charge in [0.25, 0.3) is 5.91 Å². The summed E-state index contributed by atoms with van der Waals surface area (Å²) in [7, 11) is 1.56. The van der Waals surface area contributed by atoms with Crippen LogP contribution in [-0.4, -0.2) is 13.0 Å². The Labute approximate surface area is 93.2 Å². The lowest BCUT2D eigenvalue weighted by molar-refractivity contribution is 0.0935. The first-order valence-electron chi connectivity index (χ1n) is 4.76. The van der Waals surface area contributed by atoms with Gasteiger partial charge in [-0.3, -0.25) is 4.79 Å². The Hall–Kier alpha value is -2.01. The zero-order chi connectivity index (χ0) is 11.8. The van der Waals surface area contributed by atoms with E-state index in [0.29, 0.717) is 12.3 Å². The molecule has 2 aromatic heterocycles. The average molecular weight is 222 g/mol. The summed E-state index contributed by atoms with van der Waals surface area (Å²) in [5.41, 5.74) is 5.20. The molecule has 5 nitrogen and oxygen atoms in total. The predicted octanol–water partition coefficient (Wildman–Crippen LogP) is 1.38. The molecule has 3 N–H and O–H groups in total. The molecule has 2 heterocycles. The first-order valence-corrected chi connectivity index (χ1v) is 4.76. The van der Waals surface area contributed by atoms with Crippen molar-refractivity contribution in [2.45, 2.75) is 6.54 Å². The third kappa shape index (κ3) is 3.62. The van der Waals surface area contributed by atoms with E-state index >= 15 is 0 Å². The van der Waals surface area contributed by atoms with E-state index in [4.69, 9.17) is 14.6 Å². The molecule has 0 aliphatic rings. The zero-order valence-electron chi connectivity index (χ0n) is 8.97. The molecular formula is C11H14N2O3. The number of carbonyl (C=O) groups is 1. The van der Waals surface area contributed by atoms with Crippen LogP contribution in [0.5, 0.6) is 0 Å². The number of rotatable bonds is 2. The molecule has 0 saturated carbocycles. The van der Waals surface area contributed by atoms with E-state index < -0.39 is 0 Å². The molecule has 0 fully saturated rings. The molecule has 2 aromatic rings. The Balaban J connectivity index is 0.000000165. The summed E-state index contributed by atoms with van der Waals surface area (Å²) < 4.78 is 9.63. The predicted molar refractivity (Wildman–Crippen MR) is 58.7 cm³/mol. The van der Waals surface area contributed by atoms with Gasteiger partial charge in [-0.15, -0.1) is 0 Å². The van der Waals surface area contributed by atoms with Gasteiger partial charge in [-0.2, -0.15) is 0 Å². The van der Waals surface area contributed by atoms with E-state index in [0.717, 1.165) is 5.76 Å². The SMILES string of the molecule is CNC(=O)c1ccco1.NCc1ccco1. The number of amides is 1. The van der Waals surface area contributed by atoms with Crippen LogP contribution >= 0.6 is 0 Å². The highest BCUT2D eigenvalue weighted by Crippen LogP contribution is 1.97. The van der Waals surface area contributed by atoms with E-state index in [2.05, 4.69) is 5.32 Å². The molecule has 0 atom stereocenters. The minimum Gasteiger partial charge on any atom is -0.468 e. The summed E-state index contributed by atoms with van der Waals surface area (Å²) in [4.78, 5) is 10.7. The number of nitrogens with two attached hydrogens (primary N) is 1. The monoisotopic (exact) mass is 222 g/mol. The molecule has 0 spiro atoms. The highest BCUT2D eigenvalue weighted by molar-refractivity contribution is 5.91. The third-order valence-electron chi connectivity index (χ3n) is 1.75. The van der Waals surface area contributed by atoms with Crippen LogP contribution in [0.4, 0.5) is 0 Å². The largest absolute Gasteiger partial charge is 0.468 e. The smallest absolute Gasteiger partial charge is 0.286 e. The van der Waals surface area contributed by atoms with Crippen LogP contribution in [0.2, 0.25) is 0 Å². The lowest BCUT2D eigenvalue weighted by Gasteiger charge is -1.90. The molecule has 16 heavy (non-hydrogen) atoms. The Morgan fingerprint density at radius 1 is 1.31 bits per heavy atom. The van der Waals surface area contributed by atoms with Crippen molar-refractivity contribution in [1.29, 1.82) is 0 Å². The normalized spacial score (nSPS) is 9.12. The zero-order valence-corrected chi connectivity index (χ0v) is 8.97. The first kappa shape index (κ1) is 12.1. The molecule has 0 radical (unpaired) electrons. The molecule has 2 rings (SSSR count). The second-order valence-corrected chi connectivity index (χ2v) is 2.84. The van der Waals surface area contributed by atoms with Crippen LogP contribution in [0.15, 0.2) is 45.6 Å². The number of hydrogen-bond acceptors (Lipinski definition) is 4. The van der Waals surface area contributed by atoms with Crippen molar-refractivity contribution < 1.29 is 13.6 Å². The fraction of sp³-hybridized carbons (Fsp3) is 0.182. The van der Waals surface area contributed by atoms with Crippen molar-refractivity contribution >= 4 is 5.91 Å². The van der Waals surface area contributed by atoms with Gasteiger partial charge in [0.05, 0.1) is 19.1 Å². The lowest BCUT2D eigenvalue weighted by atomic mass is 10.4. The molecule has 0 aliphatic carbocycles. The van der Waals surface area contributed by atoms with Crippen molar-refractivity contribution in [2.75, 3.05) is 7.05 Å². The second-order valence-electron chi connectivity index (χ2n) is 2.84. The molecule has 0 unspecified atom stereocenters. The van der Waals surface area contributed by atoms with Crippen LogP contribution in [0.25, 0.3) is 0 Å². The highest BCUT2D eigenvalue weighted by Gasteiger charge is 2.02. The molecular weight excluding hydrogens is 208 g/mol. The van der Waals surface area contributed by atoms with E-state index in [-0.39, 0.29) is 5.91 Å². The van der Waals surface area contributed by atoms with Crippen molar-refractivity contribution in [2.24, 2.45) is 5.73 Å². The third-order valence-corrected chi connectivity index (χ3v) is 1.75. The molecule has 86 valence electrons. The molecule has 0 saturated heterocycles. The fourth-order valence-electron chi connectivity index (χ4n) is 0.960. The van der Waals surface area contributed by atoms with E-state index in [1.54, 1.807) is 25.4 Å². The Kier molecular flexibility index (Phi) is 4.88. The maximum absolute atomic E-state index is 10.7. The second kappa shape index (κ2) is 6.47. The van der Waals surface area contributed by atoms with Gasteiger partial charge in [-0.1, -0.05) is 0 Å². The summed E-state index contributed by atoms with van der Waals surface area (Å²) in [6.07, 6.45) is 3.08. The van der Waals surface area contributed by atoms with Gasteiger partial charge in [0, 0.05) is 7.05 Å². The number of hydrogen-bond donors (Lipinski definition) is 2. The number of nitrogens with one attached hydrogen (secondary N) is 1. The molecule has 1 amide bonds. The Bertz CT molecular complexity index is 393. The summed E-state index contributed by atoms with van der Waals surface area (Å²) in [5, 5.41) is 2.43. The lowest BCUT2D eigenvalue weighted by Crippen LogP contribution is -2.16. The van der Waals surface area contributed by atoms with Crippen molar-refractivity contribution in [1.82, 2.24) is 5.32 Å². The van der Waals surface area contributed by atoms with Gasteiger partial charge in [0.1, 0.15) is 5.76 Å². The van der Waals surface area contributed by atoms with Crippen molar-refractivity contribution in [3.05, 3.63) is 48.3 Å². The summed E-state index contributed by atoms with van der Waals surface area (Å²) >= 11 is 0. The summed E-state index contributed by atoms with van der Waals surface area (Å²) in [6.45, 7) is 0.493. The Morgan fingerprint density at radius 3 is 2.38 bits per heavy atom. The van der Waals surface area contributed by atoms with Crippen LogP contribution in [0.1, 0.15) is 16.3 Å². The van der Waals surface area contributed by atoms with Crippen LogP contribution in [-0.2, 0) is 6.54 Å². The molecule has 0 aliphatic heterocycles. The van der Waals surface area contributed by atoms with E-state index in [1.807, 2.05) is 12.1 Å². The fourth-order valence-corrected chi connectivity index (χ4v) is 0.960. The summed E-state index contributed by atoms with van der Waals surface area (Å²) in [6, 6.07) is 6.95. The van der Waals surface area contributed by atoms with E-state index in [1.165, 1.54) is 6.26 Å². The molecule has 0 aromatic carbocycles. The molecule has 0 bridgehead atoms.